The van der Waals surface area contributed by atoms with Gasteiger partial charge in [-0.3, -0.25) is 4.79 Å². The van der Waals surface area contributed by atoms with Crippen LogP contribution in [0, 0.1) is 0 Å². The number of benzene rings is 1. The topological polar surface area (TPSA) is 29.1 Å². The van der Waals surface area contributed by atoms with Crippen molar-refractivity contribution in [3.8, 4) is 0 Å². The van der Waals surface area contributed by atoms with Gasteiger partial charge in [-0.05, 0) is 41.6 Å². The van der Waals surface area contributed by atoms with E-state index in [0.29, 0.717) is 6.54 Å². The number of rotatable bonds is 5. The maximum absolute atomic E-state index is 11.6. The Hall–Kier alpha value is -1.58. The first-order valence-corrected chi connectivity index (χ1v) is 7.24. The van der Waals surface area contributed by atoms with Crippen LogP contribution in [-0.4, -0.2) is 12.5 Å². The summed E-state index contributed by atoms with van der Waals surface area (Å²) in [5, 5.41) is 5.56. The standard InChI is InChI=1S/C15H14ClNOS/c16-13-4-1-3-12(11-13)8-9-17-15(18)7-6-14-5-2-10-19-14/h1-7,10-11H,8-9H2,(H,17,18)/b7-6+. The average molecular weight is 292 g/mol. The summed E-state index contributed by atoms with van der Waals surface area (Å²) in [6.45, 7) is 0.605. The fourth-order valence-corrected chi connectivity index (χ4v) is 2.46. The number of carbonyl (C=O) groups excluding carboxylic acids is 1. The number of carbonyl (C=O) groups is 1. The molecule has 0 atom stereocenters. The van der Waals surface area contributed by atoms with E-state index in [1.807, 2.05) is 47.9 Å². The van der Waals surface area contributed by atoms with Crippen LogP contribution in [-0.2, 0) is 11.2 Å². The van der Waals surface area contributed by atoms with Crippen molar-refractivity contribution in [2.24, 2.45) is 0 Å². The molecule has 0 saturated carbocycles. The number of hydrogen-bond donors (Lipinski definition) is 1. The van der Waals surface area contributed by atoms with E-state index in [1.54, 1.807) is 17.4 Å². The number of nitrogens with one attached hydrogen (secondary N) is 1. The van der Waals surface area contributed by atoms with Crippen molar-refractivity contribution < 1.29 is 4.79 Å². The molecule has 2 nitrogen and oxygen atoms in total. The molecule has 0 spiro atoms. The maximum atomic E-state index is 11.6. The van der Waals surface area contributed by atoms with Crippen LogP contribution in [0.4, 0.5) is 0 Å². The molecule has 0 fully saturated rings. The second kappa shape index (κ2) is 7.12. The molecule has 2 rings (SSSR count). The molecule has 1 heterocycles. The van der Waals surface area contributed by atoms with Gasteiger partial charge in [0.1, 0.15) is 0 Å². The van der Waals surface area contributed by atoms with Gasteiger partial charge >= 0.3 is 0 Å². The van der Waals surface area contributed by atoms with Crippen LogP contribution in [0.1, 0.15) is 10.4 Å². The Morgan fingerprint density at radius 3 is 2.95 bits per heavy atom. The highest BCUT2D eigenvalue weighted by Gasteiger charge is 1.97. The highest BCUT2D eigenvalue weighted by Crippen LogP contribution is 2.11. The molecule has 0 aliphatic heterocycles. The van der Waals surface area contributed by atoms with E-state index in [2.05, 4.69) is 5.32 Å². The second-order valence-corrected chi connectivity index (χ2v) is 5.44. The number of thiophene rings is 1. The molecule has 1 N–H and O–H groups in total. The van der Waals surface area contributed by atoms with Gasteiger partial charge < -0.3 is 5.32 Å². The van der Waals surface area contributed by atoms with Crippen molar-refractivity contribution in [2.75, 3.05) is 6.54 Å². The minimum Gasteiger partial charge on any atom is -0.352 e. The Kier molecular flexibility index (Phi) is 5.19. The zero-order chi connectivity index (χ0) is 13.5. The average Bonchev–Trinajstić information content (AvgIpc) is 2.89. The van der Waals surface area contributed by atoms with Crippen molar-refractivity contribution in [3.63, 3.8) is 0 Å². The minimum absolute atomic E-state index is 0.0737. The van der Waals surface area contributed by atoms with Gasteiger partial charge in [-0.1, -0.05) is 29.8 Å². The predicted octanol–water partition coefficient (Wildman–Crippen LogP) is 3.77. The lowest BCUT2D eigenvalue weighted by atomic mass is 10.1. The largest absolute Gasteiger partial charge is 0.352 e. The van der Waals surface area contributed by atoms with Crippen molar-refractivity contribution >= 4 is 34.9 Å². The van der Waals surface area contributed by atoms with Gasteiger partial charge in [0, 0.05) is 22.5 Å². The summed E-state index contributed by atoms with van der Waals surface area (Å²) in [5.41, 5.74) is 1.12. The summed E-state index contributed by atoms with van der Waals surface area (Å²) in [7, 11) is 0. The van der Waals surface area contributed by atoms with Gasteiger partial charge in [0.05, 0.1) is 0 Å². The molecule has 0 aliphatic carbocycles. The number of halogens is 1. The summed E-state index contributed by atoms with van der Waals surface area (Å²) in [4.78, 5) is 12.7. The summed E-state index contributed by atoms with van der Waals surface area (Å²) in [6.07, 6.45) is 4.16. The molecule has 0 saturated heterocycles. The van der Waals surface area contributed by atoms with Crippen LogP contribution in [0.2, 0.25) is 5.02 Å². The lowest BCUT2D eigenvalue weighted by molar-refractivity contribution is -0.116. The van der Waals surface area contributed by atoms with E-state index in [1.165, 1.54) is 0 Å². The van der Waals surface area contributed by atoms with Gasteiger partial charge in [0.25, 0.3) is 0 Å². The van der Waals surface area contributed by atoms with Crippen LogP contribution < -0.4 is 5.32 Å². The third-order valence-corrected chi connectivity index (χ3v) is 3.62. The normalized spacial score (nSPS) is 10.8. The molecule has 4 heteroatoms. The monoisotopic (exact) mass is 291 g/mol. The van der Waals surface area contributed by atoms with E-state index >= 15 is 0 Å². The van der Waals surface area contributed by atoms with Gasteiger partial charge in [-0.15, -0.1) is 11.3 Å². The lowest BCUT2D eigenvalue weighted by Gasteiger charge is -2.03. The van der Waals surface area contributed by atoms with Gasteiger partial charge in [-0.2, -0.15) is 0 Å². The molecule has 0 unspecified atom stereocenters. The highest BCUT2D eigenvalue weighted by molar-refractivity contribution is 7.10. The Morgan fingerprint density at radius 2 is 2.21 bits per heavy atom. The van der Waals surface area contributed by atoms with E-state index < -0.39 is 0 Å². The quantitative estimate of drug-likeness (QED) is 0.835. The number of amides is 1. The second-order valence-electron chi connectivity index (χ2n) is 4.02. The molecule has 19 heavy (non-hydrogen) atoms. The first-order valence-electron chi connectivity index (χ1n) is 5.98. The summed E-state index contributed by atoms with van der Waals surface area (Å²) in [5.74, 6) is -0.0737. The van der Waals surface area contributed by atoms with E-state index in [0.717, 1.165) is 21.9 Å². The summed E-state index contributed by atoms with van der Waals surface area (Å²) < 4.78 is 0. The first-order chi connectivity index (χ1) is 9.24. The smallest absolute Gasteiger partial charge is 0.244 e. The van der Waals surface area contributed by atoms with Crippen LogP contribution in [0.3, 0.4) is 0 Å². The van der Waals surface area contributed by atoms with Crippen LogP contribution in [0.25, 0.3) is 6.08 Å². The molecule has 0 bridgehead atoms. The van der Waals surface area contributed by atoms with E-state index in [9.17, 15) is 4.79 Å². The summed E-state index contributed by atoms with van der Waals surface area (Å²) >= 11 is 7.50. The fourth-order valence-electron chi connectivity index (χ4n) is 1.63. The Bertz CT molecular complexity index is 563. The Labute approximate surface area is 121 Å². The van der Waals surface area contributed by atoms with E-state index in [4.69, 9.17) is 11.6 Å². The van der Waals surface area contributed by atoms with Gasteiger partial charge in [-0.25, -0.2) is 0 Å². The van der Waals surface area contributed by atoms with Gasteiger partial charge in [0.15, 0.2) is 0 Å². The number of hydrogen-bond acceptors (Lipinski definition) is 2. The third kappa shape index (κ3) is 4.89. The van der Waals surface area contributed by atoms with E-state index in [-0.39, 0.29) is 5.91 Å². The summed E-state index contributed by atoms with van der Waals surface area (Å²) in [6, 6.07) is 11.6. The highest BCUT2D eigenvalue weighted by atomic mass is 35.5. The molecule has 98 valence electrons. The molecule has 1 aromatic heterocycles. The fraction of sp³-hybridized carbons (Fsp3) is 0.133. The van der Waals surface area contributed by atoms with Crippen molar-refractivity contribution in [1.82, 2.24) is 5.32 Å². The SMILES string of the molecule is O=C(/C=C/c1cccs1)NCCc1cccc(Cl)c1. The molecular formula is C15H14ClNOS. The lowest BCUT2D eigenvalue weighted by Crippen LogP contribution is -2.23. The van der Waals surface area contributed by atoms with Crippen molar-refractivity contribution in [1.29, 1.82) is 0 Å². The zero-order valence-electron chi connectivity index (χ0n) is 10.3. The Morgan fingerprint density at radius 1 is 1.32 bits per heavy atom. The van der Waals surface area contributed by atoms with Crippen LogP contribution >= 0.6 is 22.9 Å². The first kappa shape index (κ1) is 13.8. The zero-order valence-corrected chi connectivity index (χ0v) is 11.9. The van der Waals surface area contributed by atoms with Crippen molar-refractivity contribution in [3.05, 3.63) is 63.3 Å². The molecule has 0 radical (unpaired) electrons. The molecule has 1 aromatic carbocycles. The van der Waals surface area contributed by atoms with Gasteiger partial charge in [0.2, 0.25) is 5.91 Å². The molecule has 2 aromatic rings. The molecular weight excluding hydrogens is 278 g/mol. The minimum atomic E-state index is -0.0737. The van der Waals surface area contributed by atoms with Crippen LogP contribution in [0.5, 0.6) is 0 Å². The van der Waals surface area contributed by atoms with Crippen molar-refractivity contribution in [2.45, 2.75) is 6.42 Å². The molecule has 0 aliphatic rings. The van der Waals surface area contributed by atoms with Crippen LogP contribution in [0.15, 0.2) is 47.9 Å². The molecule has 1 amide bonds. The Balaban J connectivity index is 1.75. The maximum Gasteiger partial charge on any atom is 0.244 e. The predicted molar refractivity (Wildman–Crippen MR) is 81.5 cm³/mol. The third-order valence-electron chi connectivity index (χ3n) is 2.54.